The molecular formula is C44H42BNOS. The highest BCUT2D eigenvalue weighted by molar-refractivity contribution is 7.33. The first-order valence-electron chi connectivity index (χ1n) is 17.3. The van der Waals surface area contributed by atoms with Crippen molar-refractivity contribution in [2.24, 2.45) is 0 Å². The lowest BCUT2D eigenvalue weighted by Gasteiger charge is -2.39. The minimum Gasteiger partial charge on any atom is -0.458 e. The van der Waals surface area contributed by atoms with Crippen LogP contribution in [0.25, 0.3) is 21.2 Å². The van der Waals surface area contributed by atoms with E-state index in [2.05, 4.69) is 157 Å². The van der Waals surface area contributed by atoms with Gasteiger partial charge < -0.3 is 9.64 Å². The Hall–Kier alpha value is -4.28. The van der Waals surface area contributed by atoms with E-state index in [4.69, 9.17) is 4.74 Å². The molecular weight excluding hydrogens is 601 g/mol. The number of benzene rings is 5. The molecule has 0 radical (unpaired) electrons. The van der Waals surface area contributed by atoms with E-state index in [9.17, 15) is 0 Å². The highest BCUT2D eigenvalue weighted by Crippen LogP contribution is 2.52. The Morgan fingerprint density at radius 3 is 2.15 bits per heavy atom. The maximum Gasteiger partial charge on any atom is 0.268 e. The monoisotopic (exact) mass is 643 g/mol. The van der Waals surface area contributed by atoms with Crippen LogP contribution in [0.4, 0.5) is 17.1 Å². The quantitative estimate of drug-likeness (QED) is 0.174. The van der Waals surface area contributed by atoms with Gasteiger partial charge in [0.25, 0.3) is 6.71 Å². The Morgan fingerprint density at radius 2 is 1.44 bits per heavy atom. The van der Waals surface area contributed by atoms with Gasteiger partial charge in [-0.3, -0.25) is 0 Å². The van der Waals surface area contributed by atoms with Gasteiger partial charge in [-0.25, -0.2) is 0 Å². The van der Waals surface area contributed by atoms with Gasteiger partial charge in [0.15, 0.2) is 0 Å². The number of ether oxygens (including phenoxy) is 1. The van der Waals surface area contributed by atoms with Gasteiger partial charge in [-0.15, -0.1) is 11.3 Å². The average molecular weight is 644 g/mol. The van der Waals surface area contributed by atoms with Crippen LogP contribution in [0.3, 0.4) is 0 Å². The number of thiophene rings is 1. The summed E-state index contributed by atoms with van der Waals surface area (Å²) in [4.78, 5) is 2.52. The number of nitrogens with zero attached hydrogens (tertiary/aromatic N) is 1. The van der Waals surface area contributed by atoms with Gasteiger partial charge in [-0.1, -0.05) is 109 Å². The van der Waals surface area contributed by atoms with Crippen LogP contribution in [0.2, 0.25) is 0 Å². The molecule has 9 rings (SSSR count). The van der Waals surface area contributed by atoms with Crippen molar-refractivity contribution < 1.29 is 4.74 Å². The second-order valence-electron chi connectivity index (χ2n) is 16.6. The molecule has 3 heterocycles. The van der Waals surface area contributed by atoms with E-state index < -0.39 is 0 Å². The Bertz CT molecular complexity index is 2290. The summed E-state index contributed by atoms with van der Waals surface area (Å²) in [6.07, 6.45) is 1.14. The van der Waals surface area contributed by atoms with Crippen LogP contribution in [0, 0.1) is 6.92 Å². The van der Waals surface area contributed by atoms with Crippen LogP contribution in [0.1, 0.15) is 77.1 Å². The first-order valence-corrected chi connectivity index (χ1v) is 18.2. The summed E-state index contributed by atoms with van der Waals surface area (Å²) >= 11 is 1.97. The summed E-state index contributed by atoms with van der Waals surface area (Å²) in [5, 5.41) is 1.32. The van der Waals surface area contributed by atoms with Crippen molar-refractivity contribution >= 4 is 60.9 Å². The largest absolute Gasteiger partial charge is 0.458 e. The number of hydrogen-bond acceptors (Lipinski definition) is 3. The highest BCUT2D eigenvalue weighted by atomic mass is 32.1. The Labute approximate surface area is 289 Å². The molecule has 0 N–H and O–H groups in total. The SMILES string of the molecule is Cc1cc2c3c(c1)N(c1ccc(-c4ccccc4)cc1)c1c(sc4cc(C(C)(C)C)ccc14)B3c1cc3c(cc1O2)C(C)(C)CC3(C)C. The lowest BCUT2D eigenvalue weighted by molar-refractivity contribution is 0.402. The fourth-order valence-electron chi connectivity index (χ4n) is 8.99. The first kappa shape index (κ1) is 29.8. The zero-order valence-corrected chi connectivity index (χ0v) is 30.1. The summed E-state index contributed by atoms with van der Waals surface area (Å²) in [5.74, 6) is 2.01. The zero-order valence-electron chi connectivity index (χ0n) is 29.3. The molecule has 5 aromatic carbocycles. The number of aryl methyl sites for hydroxylation is 1. The molecule has 0 fully saturated rings. The van der Waals surface area contributed by atoms with Crippen LogP contribution < -0.4 is 25.3 Å². The maximum atomic E-state index is 6.98. The van der Waals surface area contributed by atoms with E-state index >= 15 is 0 Å². The predicted molar refractivity (Wildman–Crippen MR) is 207 cm³/mol. The molecule has 0 amide bonds. The van der Waals surface area contributed by atoms with E-state index in [1.807, 2.05) is 11.3 Å². The zero-order chi connectivity index (χ0) is 33.3. The molecule has 48 heavy (non-hydrogen) atoms. The normalized spacial score (nSPS) is 16.7. The van der Waals surface area contributed by atoms with Crippen molar-refractivity contribution in [3.05, 3.63) is 119 Å². The average Bonchev–Trinajstić information content (AvgIpc) is 3.50. The van der Waals surface area contributed by atoms with E-state index in [-0.39, 0.29) is 23.0 Å². The summed E-state index contributed by atoms with van der Waals surface area (Å²) in [7, 11) is 0. The number of hydrogen-bond donors (Lipinski definition) is 0. The smallest absolute Gasteiger partial charge is 0.268 e. The van der Waals surface area contributed by atoms with Gasteiger partial charge in [-0.2, -0.15) is 0 Å². The minimum atomic E-state index is 0.0725. The third-order valence-corrected chi connectivity index (χ3v) is 12.3. The molecule has 1 aromatic heterocycles. The van der Waals surface area contributed by atoms with Crippen molar-refractivity contribution in [2.75, 3.05) is 4.90 Å². The standard InChI is InChI=1S/C44H42BNOS/c1-26-20-35-39-37(21-26)47-36-24-33-32(43(5,6)25-44(33,7)8)23-34(36)45(39)41-40(31-19-16-29(42(2,3)4)22-38(31)48-41)46(35)30-17-14-28(15-18-30)27-12-10-9-11-13-27/h9-24H,25H2,1-8H3. The van der Waals surface area contributed by atoms with E-state index in [0.29, 0.717) is 0 Å². The molecule has 1 aliphatic carbocycles. The van der Waals surface area contributed by atoms with Crippen molar-refractivity contribution in [3.63, 3.8) is 0 Å². The first-order chi connectivity index (χ1) is 22.8. The van der Waals surface area contributed by atoms with Crippen molar-refractivity contribution in [1.29, 1.82) is 0 Å². The summed E-state index contributed by atoms with van der Waals surface area (Å²) in [6.45, 7) is 18.9. The predicted octanol–water partition coefficient (Wildman–Crippen LogP) is 10.5. The molecule has 0 saturated carbocycles. The van der Waals surface area contributed by atoms with Crippen LogP contribution in [-0.4, -0.2) is 6.71 Å². The molecule has 0 bridgehead atoms. The Morgan fingerprint density at radius 1 is 0.750 bits per heavy atom. The second-order valence-corrected chi connectivity index (χ2v) is 17.7. The fraction of sp³-hybridized carbons (Fsp3) is 0.273. The molecule has 0 spiro atoms. The summed E-state index contributed by atoms with van der Waals surface area (Å²) < 4.78 is 9.73. The van der Waals surface area contributed by atoms with Crippen molar-refractivity contribution in [1.82, 2.24) is 0 Å². The van der Waals surface area contributed by atoms with Gasteiger partial charge in [0.1, 0.15) is 11.5 Å². The maximum absolute atomic E-state index is 6.98. The minimum absolute atomic E-state index is 0.0725. The van der Waals surface area contributed by atoms with Crippen LogP contribution in [-0.2, 0) is 16.2 Å². The summed E-state index contributed by atoms with van der Waals surface area (Å²) in [6, 6.07) is 36.5. The van der Waals surface area contributed by atoms with Gasteiger partial charge in [0.2, 0.25) is 0 Å². The topological polar surface area (TPSA) is 12.5 Å². The lowest BCUT2D eigenvalue weighted by Crippen LogP contribution is -2.58. The molecule has 2 aliphatic heterocycles. The van der Waals surface area contributed by atoms with E-state index in [0.717, 1.165) is 17.9 Å². The number of rotatable bonds is 2. The second kappa shape index (κ2) is 9.89. The Balaban J connectivity index is 1.32. The van der Waals surface area contributed by atoms with Crippen LogP contribution in [0.5, 0.6) is 11.5 Å². The van der Waals surface area contributed by atoms with Gasteiger partial charge in [-0.05, 0) is 110 Å². The molecule has 4 heteroatoms. The highest BCUT2D eigenvalue weighted by Gasteiger charge is 2.48. The molecule has 238 valence electrons. The molecule has 0 unspecified atom stereocenters. The van der Waals surface area contributed by atoms with Gasteiger partial charge >= 0.3 is 0 Å². The van der Waals surface area contributed by atoms with Gasteiger partial charge in [0, 0.05) is 26.2 Å². The van der Waals surface area contributed by atoms with Crippen LogP contribution in [0.15, 0.2) is 97.1 Å². The Kier molecular flexibility index (Phi) is 6.15. The fourth-order valence-corrected chi connectivity index (χ4v) is 10.4. The summed E-state index contributed by atoms with van der Waals surface area (Å²) in [5.41, 5.74) is 14.5. The third-order valence-electron chi connectivity index (χ3n) is 11.1. The molecule has 6 aromatic rings. The lowest BCUT2D eigenvalue weighted by atomic mass is 9.36. The van der Waals surface area contributed by atoms with E-state index in [1.54, 1.807) is 0 Å². The van der Waals surface area contributed by atoms with Gasteiger partial charge in [0.05, 0.1) is 5.69 Å². The van der Waals surface area contributed by atoms with Crippen LogP contribution >= 0.6 is 11.3 Å². The molecule has 0 saturated heterocycles. The van der Waals surface area contributed by atoms with Crippen molar-refractivity contribution in [3.8, 4) is 22.6 Å². The molecule has 3 aliphatic rings. The number of fused-ring (bicyclic) bond motifs is 7. The van der Waals surface area contributed by atoms with E-state index in [1.165, 1.54) is 76.2 Å². The number of anilines is 3. The molecule has 0 atom stereocenters. The van der Waals surface area contributed by atoms with Crippen molar-refractivity contribution in [2.45, 2.75) is 78.1 Å². The third kappa shape index (κ3) is 4.31. The molecule has 2 nitrogen and oxygen atoms in total.